The van der Waals surface area contributed by atoms with E-state index in [0.717, 1.165) is 3.79 Å². The zero-order valence-electron chi connectivity index (χ0n) is 15.2. The molecule has 2 aromatic carbocycles. The molecule has 30 heavy (non-hydrogen) atoms. The van der Waals surface area contributed by atoms with Gasteiger partial charge in [-0.15, -0.1) is 11.3 Å². The third kappa shape index (κ3) is 3.99. The number of hydrogen-bond acceptors (Lipinski definition) is 4. The monoisotopic (exact) mass is 587 g/mol. The highest BCUT2D eigenvalue weighted by molar-refractivity contribution is 9.11. The van der Waals surface area contributed by atoms with E-state index in [2.05, 4.69) is 31.9 Å². The summed E-state index contributed by atoms with van der Waals surface area (Å²) in [6.45, 7) is 0.143. The minimum atomic E-state index is -1.97. The number of fused-ring (bicyclic) bond motifs is 1. The Bertz CT molecular complexity index is 1180. The van der Waals surface area contributed by atoms with Crippen molar-refractivity contribution in [2.24, 2.45) is 0 Å². The van der Waals surface area contributed by atoms with Crippen LogP contribution in [0, 0.1) is 0 Å². The fraction of sp³-hybridized carbons (Fsp3) is 0.143. The molecule has 154 valence electrons. The van der Waals surface area contributed by atoms with E-state index in [1.165, 1.54) is 16.2 Å². The molecule has 0 spiro atoms. The van der Waals surface area contributed by atoms with Gasteiger partial charge in [-0.25, -0.2) is 0 Å². The van der Waals surface area contributed by atoms with Crippen molar-refractivity contribution in [2.45, 2.75) is 18.6 Å². The molecule has 2 heterocycles. The summed E-state index contributed by atoms with van der Waals surface area (Å²) in [5, 5.41) is 12.4. The standard InChI is InChI=1S/C21H13Br2Cl2NO3S/c22-12-2-4-16-14(7-12)21(29,9-17(27)18-5-6-19(23)30-18)20(28)26(16)10-11-1-3-13(24)8-15(11)25/h1-8,29H,9-10H2. The molecule has 9 heteroatoms. The van der Waals surface area contributed by atoms with Crippen LogP contribution in [0.1, 0.15) is 27.2 Å². The Morgan fingerprint density at radius 1 is 1.10 bits per heavy atom. The van der Waals surface area contributed by atoms with Crippen LogP contribution in [0.25, 0.3) is 0 Å². The van der Waals surface area contributed by atoms with Crippen LogP contribution < -0.4 is 4.90 Å². The lowest BCUT2D eigenvalue weighted by Crippen LogP contribution is -2.41. The lowest BCUT2D eigenvalue weighted by Gasteiger charge is -2.23. The van der Waals surface area contributed by atoms with E-state index in [4.69, 9.17) is 23.2 Å². The van der Waals surface area contributed by atoms with E-state index < -0.39 is 11.5 Å². The molecule has 0 aliphatic carbocycles. The molecule has 1 aliphatic rings. The van der Waals surface area contributed by atoms with Crippen LogP contribution in [-0.2, 0) is 16.9 Å². The highest BCUT2D eigenvalue weighted by Gasteiger charge is 2.51. The van der Waals surface area contributed by atoms with Crippen molar-refractivity contribution in [3.63, 3.8) is 0 Å². The number of thiophene rings is 1. The summed E-state index contributed by atoms with van der Waals surface area (Å²) in [6, 6.07) is 13.7. The summed E-state index contributed by atoms with van der Waals surface area (Å²) >= 11 is 20.3. The summed E-state index contributed by atoms with van der Waals surface area (Å²) in [7, 11) is 0. The Balaban J connectivity index is 1.72. The second kappa shape index (κ2) is 8.37. The quantitative estimate of drug-likeness (QED) is 0.342. The van der Waals surface area contributed by atoms with Gasteiger partial charge in [0.2, 0.25) is 0 Å². The van der Waals surface area contributed by atoms with Crippen LogP contribution in [-0.4, -0.2) is 16.8 Å². The fourth-order valence-electron chi connectivity index (χ4n) is 3.45. The molecule has 0 saturated heterocycles. The number of benzene rings is 2. The second-order valence-corrected chi connectivity index (χ2v) is 11.1. The molecule has 0 bridgehead atoms. The SMILES string of the molecule is O=C(CC1(O)C(=O)N(Cc2ccc(Cl)cc2Cl)c2ccc(Br)cc21)c1ccc(Br)s1. The minimum Gasteiger partial charge on any atom is -0.375 e. The van der Waals surface area contributed by atoms with Crippen LogP contribution in [0.3, 0.4) is 0 Å². The first-order valence-corrected chi connectivity index (χ1v) is 11.9. The smallest absolute Gasteiger partial charge is 0.264 e. The van der Waals surface area contributed by atoms with Crippen molar-refractivity contribution >= 4 is 83.8 Å². The Labute approximate surface area is 203 Å². The molecule has 4 rings (SSSR count). The number of hydrogen-bond donors (Lipinski definition) is 1. The largest absolute Gasteiger partial charge is 0.375 e. The average molecular weight is 590 g/mol. The van der Waals surface area contributed by atoms with Crippen molar-refractivity contribution in [1.29, 1.82) is 0 Å². The molecule has 1 unspecified atom stereocenters. The number of amides is 1. The number of Topliss-reactive ketones (excluding diaryl/α,β-unsaturated/α-hetero) is 1. The zero-order chi connectivity index (χ0) is 21.6. The third-order valence-electron chi connectivity index (χ3n) is 4.90. The maximum absolute atomic E-state index is 13.4. The van der Waals surface area contributed by atoms with Crippen LogP contribution in [0.4, 0.5) is 5.69 Å². The second-order valence-electron chi connectivity index (χ2n) is 6.85. The van der Waals surface area contributed by atoms with Gasteiger partial charge in [0.15, 0.2) is 11.4 Å². The van der Waals surface area contributed by atoms with Crippen molar-refractivity contribution in [3.8, 4) is 0 Å². The molecular weight excluding hydrogens is 577 g/mol. The highest BCUT2D eigenvalue weighted by atomic mass is 79.9. The highest BCUT2D eigenvalue weighted by Crippen LogP contribution is 2.45. The van der Waals surface area contributed by atoms with Crippen LogP contribution in [0.15, 0.2) is 56.8 Å². The molecule has 0 radical (unpaired) electrons. The van der Waals surface area contributed by atoms with Crippen molar-refractivity contribution in [2.75, 3.05) is 4.90 Å². The Kier molecular flexibility index (Phi) is 6.14. The first kappa shape index (κ1) is 22.0. The topological polar surface area (TPSA) is 57.6 Å². The first-order valence-electron chi connectivity index (χ1n) is 8.76. The Morgan fingerprint density at radius 2 is 1.87 bits per heavy atom. The van der Waals surface area contributed by atoms with E-state index in [9.17, 15) is 14.7 Å². The van der Waals surface area contributed by atoms with Gasteiger partial charge >= 0.3 is 0 Å². The van der Waals surface area contributed by atoms with E-state index >= 15 is 0 Å². The van der Waals surface area contributed by atoms with Crippen LogP contribution in [0.5, 0.6) is 0 Å². The fourth-order valence-corrected chi connectivity index (χ4v) is 5.61. The number of aliphatic hydroxyl groups is 1. The normalized spacial score (nSPS) is 18.0. The van der Waals surface area contributed by atoms with Gasteiger partial charge in [-0.2, -0.15) is 0 Å². The van der Waals surface area contributed by atoms with Gasteiger partial charge in [0.25, 0.3) is 5.91 Å². The molecule has 1 aromatic heterocycles. The van der Waals surface area contributed by atoms with Gasteiger partial charge in [-0.1, -0.05) is 45.2 Å². The van der Waals surface area contributed by atoms with Crippen molar-refractivity contribution < 1.29 is 14.7 Å². The zero-order valence-corrected chi connectivity index (χ0v) is 20.7. The number of nitrogens with zero attached hydrogens (tertiary/aromatic N) is 1. The van der Waals surface area contributed by atoms with E-state index in [1.807, 2.05) is 0 Å². The van der Waals surface area contributed by atoms with Gasteiger partial charge in [-0.05, 0) is 64.0 Å². The number of ketones is 1. The minimum absolute atomic E-state index is 0.143. The van der Waals surface area contributed by atoms with Crippen LogP contribution >= 0.6 is 66.4 Å². The van der Waals surface area contributed by atoms with Gasteiger partial charge in [0.05, 0.1) is 27.3 Å². The lowest BCUT2D eigenvalue weighted by molar-refractivity contribution is -0.136. The number of carbonyl (C=O) groups is 2. The summed E-state index contributed by atoms with van der Waals surface area (Å²) in [4.78, 5) is 28.1. The van der Waals surface area contributed by atoms with E-state index in [0.29, 0.717) is 36.2 Å². The Hall–Kier alpha value is -1.22. The summed E-state index contributed by atoms with van der Waals surface area (Å²) in [5.41, 5.74) is -0.361. The molecule has 0 fully saturated rings. The summed E-state index contributed by atoms with van der Waals surface area (Å²) in [6.07, 6.45) is -0.354. The molecular formula is C21H13Br2Cl2NO3S. The van der Waals surface area contributed by atoms with Crippen LogP contribution in [0.2, 0.25) is 10.0 Å². The van der Waals surface area contributed by atoms with Crippen molar-refractivity contribution in [1.82, 2.24) is 0 Å². The number of carbonyl (C=O) groups excluding carboxylic acids is 2. The first-order chi connectivity index (χ1) is 14.2. The van der Waals surface area contributed by atoms with Crippen molar-refractivity contribution in [3.05, 3.63) is 82.8 Å². The van der Waals surface area contributed by atoms with Gasteiger partial charge < -0.3 is 10.0 Å². The van der Waals surface area contributed by atoms with E-state index in [-0.39, 0.29) is 18.7 Å². The number of rotatable bonds is 5. The third-order valence-corrected chi connectivity index (χ3v) is 7.65. The van der Waals surface area contributed by atoms with E-state index in [1.54, 1.807) is 48.5 Å². The predicted molar refractivity (Wildman–Crippen MR) is 127 cm³/mol. The van der Waals surface area contributed by atoms with Gasteiger partial charge in [0.1, 0.15) is 0 Å². The number of anilines is 1. The molecule has 1 atom stereocenters. The molecule has 1 amide bonds. The summed E-state index contributed by atoms with van der Waals surface area (Å²) < 4.78 is 1.50. The molecule has 4 nitrogen and oxygen atoms in total. The average Bonchev–Trinajstić information content (AvgIpc) is 3.20. The molecule has 1 N–H and O–H groups in total. The Morgan fingerprint density at radius 3 is 2.53 bits per heavy atom. The van der Waals surface area contributed by atoms with Gasteiger partial charge in [0, 0.05) is 20.1 Å². The molecule has 3 aromatic rings. The summed E-state index contributed by atoms with van der Waals surface area (Å²) in [5.74, 6) is -0.871. The maximum atomic E-state index is 13.4. The van der Waals surface area contributed by atoms with Gasteiger partial charge in [-0.3, -0.25) is 9.59 Å². The predicted octanol–water partition coefficient (Wildman–Crippen LogP) is 6.59. The molecule has 1 aliphatic heterocycles. The lowest BCUT2D eigenvalue weighted by atomic mass is 9.89. The number of halogens is 4. The maximum Gasteiger partial charge on any atom is 0.264 e. The molecule has 0 saturated carbocycles.